The molecule has 0 saturated heterocycles. The van der Waals surface area contributed by atoms with E-state index in [0.29, 0.717) is 5.88 Å². The Hall–Kier alpha value is -1.52. The lowest BCUT2D eigenvalue weighted by molar-refractivity contribution is 0.417. The minimum atomic E-state index is 0.482. The highest BCUT2D eigenvalue weighted by molar-refractivity contribution is 7.19. The lowest BCUT2D eigenvalue weighted by Crippen LogP contribution is -1.92. The molecule has 0 aliphatic heterocycles. The van der Waals surface area contributed by atoms with Gasteiger partial charge in [-0.15, -0.1) is 22.9 Å². The number of halogens is 1. The van der Waals surface area contributed by atoms with Crippen molar-refractivity contribution in [3.05, 3.63) is 29.3 Å². The molecule has 0 aliphatic carbocycles. The van der Waals surface area contributed by atoms with Crippen LogP contribution >= 0.6 is 22.9 Å². The van der Waals surface area contributed by atoms with Crippen LogP contribution in [-0.4, -0.2) is 19.2 Å². The third-order valence-corrected chi connectivity index (χ3v) is 4.62. The van der Waals surface area contributed by atoms with Crippen molar-refractivity contribution in [2.45, 2.75) is 5.88 Å². The van der Waals surface area contributed by atoms with E-state index in [9.17, 15) is 0 Å². The van der Waals surface area contributed by atoms with Crippen molar-refractivity contribution < 1.29 is 9.47 Å². The summed E-state index contributed by atoms with van der Waals surface area (Å²) in [5.74, 6) is 2.09. The molecule has 0 radical (unpaired) electrons. The Morgan fingerprint density at radius 2 is 2.00 bits per heavy atom. The van der Waals surface area contributed by atoms with E-state index in [4.69, 9.17) is 21.1 Å². The fourth-order valence-corrected chi connectivity index (χ4v) is 3.56. The molecular weight excluding hydrogens is 282 g/mol. The smallest absolute Gasteiger partial charge is 0.154 e. The van der Waals surface area contributed by atoms with E-state index in [1.807, 2.05) is 18.2 Å². The molecule has 0 N–H and O–H groups in total. The Kier molecular flexibility index (Phi) is 3.21. The third-order valence-electron chi connectivity index (χ3n) is 3.04. The predicted molar refractivity (Wildman–Crippen MR) is 79.8 cm³/mol. The maximum absolute atomic E-state index is 5.93. The van der Waals surface area contributed by atoms with Gasteiger partial charge in [0, 0.05) is 21.8 Å². The van der Waals surface area contributed by atoms with Crippen molar-refractivity contribution in [3.8, 4) is 11.5 Å². The summed E-state index contributed by atoms with van der Waals surface area (Å²) in [5, 5.41) is 1.96. The van der Waals surface area contributed by atoms with Crippen molar-refractivity contribution >= 4 is 43.9 Å². The first-order valence-electron chi connectivity index (χ1n) is 5.77. The molecule has 0 fully saturated rings. The molecule has 0 spiro atoms. The van der Waals surface area contributed by atoms with Crippen LogP contribution in [0.3, 0.4) is 0 Å². The summed E-state index contributed by atoms with van der Waals surface area (Å²) >= 11 is 7.56. The van der Waals surface area contributed by atoms with E-state index in [-0.39, 0.29) is 0 Å². The van der Waals surface area contributed by atoms with Crippen molar-refractivity contribution in [1.29, 1.82) is 0 Å². The molecule has 2 aromatic heterocycles. The molecule has 0 saturated carbocycles. The molecule has 3 aromatic rings. The number of rotatable bonds is 3. The summed E-state index contributed by atoms with van der Waals surface area (Å²) in [4.78, 5) is 5.50. The maximum atomic E-state index is 5.93. The van der Waals surface area contributed by atoms with Gasteiger partial charge in [0.05, 0.1) is 24.8 Å². The minimum absolute atomic E-state index is 0.482. The van der Waals surface area contributed by atoms with Crippen molar-refractivity contribution in [2.75, 3.05) is 14.2 Å². The van der Waals surface area contributed by atoms with E-state index >= 15 is 0 Å². The lowest BCUT2D eigenvalue weighted by Gasteiger charge is -2.10. The van der Waals surface area contributed by atoms with Gasteiger partial charge in [-0.05, 0) is 18.2 Å². The molecule has 0 unspecified atom stereocenters. The number of alkyl halides is 1. The highest BCUT2D eigenvalue weighted by atomic mass is 35.5. The summed E-state index contributed by atoms with van der Waals surface area (Å²) in [5.41, 5.74) is 0.813. The number of hydrogen-bond donors (Lipinski definition) is 0. The molecule has 3 nitrogen and oxygen atoms in total. The van der Waals surface area contributed by atoms with Gasteiger partial charge in [-0.2, -0.15) is 0 Å². The Labute approximate surface area is 119 Å². The Morgan fingerprint density at radius 3 is 2.68 bits per heavy atom. The SMILES string of the molecule is COc1c2cc(CCl)sc2c(OC)c2cccnc12. The summed E-state index contributed by atoms with van der Waals surface area (Å²) < 4.78 is 12.2. The van der Waals surface area contributed by atoms with Crippen LogP contribution in [-0.2, 0) is 5.88 Å². The van der Waals surface area contributed by atoms with E-state index in [0.717, 1.165) is 37.4 Å². The largest absolute Gasteiger partial charge is 0.495 e. The van der Waals surface area contributed by atoms with Crippen LogP contribution in [0.4, 0.5) is 0 Å². The second-order valence-electron chi connectivity index (χ2n) is 4.06. The Morgan fingerprint density at radius 1 is 1.21 bits per heavy atom. The predicted octanol–water partition coefficient (Wildman–Crippen LogP) is 4.21. The van der Waals surface area contributed by atoms with Crippen molar-refractivity contribution in [2.24, 2.45) is 0 Å². The Balaban J connectivity index is 2.54. The van der Waals surface area contributed by atoms with Crippen LogP contribution in [0, 0.1) is 0 Å². The van der Waals surface area contributed by atoms with Crippen LogP contribution in [0.25, 0.3) is 21.0 Å². The van der Waals surface area contributed by atoms with Gasteiger partial charge in [-0.25, -0.2) is 0 Å². The summed E-state index contributed by atoms with van der Waals surface area (Å²) in [6.07, 6.45) is 1.75. The van der Waals surface area contributed by atoms with Gasteiger partial charge >= 0.3 is 0 Å². The summed E-state index contributed by atoms with van der Waals surface area (Å²) in [6.45, 7) is 0. The van der Waals surface area contributed by atoms with Gasteiger partial charge in [-0.3, -0.25) is 4.98 Å². The first kappa shape index (κ1) is 12.5. The van der Waals surface area contributed by atoms with Crippen LogP contribution in [0.2, 0.25) is 0 Å². The zero-order valence-corrected chi connectivity index (χ0v) is 12.1. The molecule has 19 heavy (non-hydrogen) atoms. The summed E-state index contributed by atoms with van der Waals surface area (Å²) in [6, 6.07) is 5.93. The van der Waals surface area contributed by atoms with E-state index in [2.05, 4.69) is 4.98 Å². The number of fused-ring (bicyclic) bond motifs is 2. The number of thiophene rings is 1. The molecule has 0 amide bonds. The van der Waals surface area contributed by atoms with Gasteiger partial charge in [0.25, 0.3) is 0 Å². The van der Waals surface area contributed by atoms with Gasteiger partial charge in [-0.1, -0.05) is 0 Å². The zero-order valence-electron chi connectivity index (χ0n) is 10.6. The summed E-state index contributed by atoms with van der Waals surface area (Å²) in [7, 11) is 3.33. The third kappa shape index (κ3) is 1.83. The molecule has 3 rings (SSSR count). The molecule has 0 bridgehead atoms. The lowest BCUT2D eigenvalue weighted by atomic mass is 10.1. The molecule has 98 valence electrons. The highest BCUT2D eigenvalue weighted by Crippen LogP contribution is 2.45. The quantitative estimate of drug-likeness (QED) is 0.678. The Bertz CT molecular complexity index is 693. The van der Waals surface area contributed by atoms with Crippen molar-refractivity contribution in [3.63, 3.8) is 0 Å². The minimum Gasteiger partial charge on any atom is -0.495 e. The van der Waals surface area contributed by atoms with E-state index in [1.54, 1.807) is 31.8 Å². The number of methoxy groups -OCH3 is 2. The van der Waals surface area contributed by atoms with Crippen LogP contribution < -0.4 is 9.47 Å². The second-order valence-corrected chi connectivity index (χ2v) is 5.46. The normalized spacial score (nSPS) is 11.1. The number of nitrogens with zero attached hydrogens (tertiary/aromatic N) is 1. The van der Waals surface area contributed by atoms with E-state index < -0.39 is 0 Å². The van der Waals surface area contributed by atoms with Gasteiger partial charge in [0.2, 0.25) is 0 Å². The van der Waals surface area contributed by atoms with Crippen molar-refractivity contribution in [1.82, 2.24) is 4.98 Å². The van der Waals surface area contributed by atoms with E-state index in [1.165, 1.54) is 0 Å². The van der Waals surface area contributed by atoms with Crippen LogP contribution in [0.15, 0.2) is 24.4 Å². The average Bonchev–Trinajstić information content (AvgIpc) is 2.88. The van der Waals surface area contributed by atoms with Crippen LogP contribution in [0.5, 0.6) is 11.5 Å². The first-order valence-corrected chi connectivity index (χ1v) is 7.12. The molecular formula is C14H12ClNO2S. The second kappa shape index (κ2) is 4.87. The van der Waals surface area contributed by atoms with Gasteiger partial charge < -0.3 is 9.47 Å². The topological polar surface area (TPSA) is 31.4 Å². The number of benzene rings is 1. The van der Waals surface area contributed by atoms with Crippen LogP contribution in [0.1, 0.15) is 4.88 Å². The number of aromatic nitrogens is 1. The number of hydrogen-bond acceptors (Lipinski definition) is 4. The molecule has 2 heterocycles. The maximum Gasteiger partial charge on any atom is 0.154 e. The molecule has 0 aliphatic rings. The first-order chi connectivity index (χ1) is 9.30. The molecule has 0 atom stereocenters. The monoisotopic (exact) mass is 293 g/mol. The molecule has 1 aromatic carbocycles. The average molecular weight is 294 g/mol. The fraction of sp³-hybridized carbons (Fsp3) is 0.214. The zero-order chi connectivity index (χ0) is 13.4. The highest BCUT2D eigenvalue weighted by Gasteiger charge is 2.18. The fourth-order valence-electron chi connectivity index (χ4n) is 2.27. The number of ether oxygens (including phenoxy) is 2. The number of pyridine rings is 1. The van der Waals surface area contributed by atoms with Gasteiger partial charge in [0.15, 0.2) is 5.75 Å². The molecule has 5 heteroatoms. The van der Waals surface area contributed by atoms with Gasteiger partial charge in [0.1, 0.15) is 11.3 Å². The standard InChI is InChI=1S/C14H12ClNO2S/c1-17-12-10-6-8(7-15)19-14(10)13(18-2)9-4-3-5-16-11(9)12/h3-6H,7H2,1-2H3.